The summed E-state index contributed by atoms with van der Waals surface area (Å²) in [4.78, 5) is 11.8. The van der Waals surface area contributed by atoms with Crippen LogP contribution in [-0.4, -0.2) is 54.3 Å². The number of ether oxygens (including phenoxy) is 1. The summed E-state index contributed by atoms with van der Waals surface area (Å²) in [6.07, 6.45) is 0. The van der Waals surface area contributed by atoms with E-state index in [1.165, 1.54) is 5.56 Å². The van der Waals surface area contributed by atoms with E-state index in [1.54, 1.807) is 0 Å². The number of aryl methyl sites for hydroxylation is 1. The maximum atomic E-state index is 5.42. The second-order valence-electron chi connectivity index (χ2n) is 7.15. The van der Waals surface area contributed by atoms with Gasteiger partial charge in [0, 0.05) is 43.5 Å². The molecule has 150 valence electrons. The summed E-state index contributed by atoms with van der Waals surface area (Å²) in [5.41, 5.74) is 4.18. The van der Waals surface area contributed by atoms with Crippen LogP contribution in [0.1, 0.15) is 5.56 Å². The van der Waals surface area contributed by atoms with Crippen molar-refractivity contribution in [3.8, 4) is 11.3 Å². The van der Waals surface area contributed by atoms with E-state index in [9.17, 15) is 0 Å². The van der Waals surface area contributed by atoms with Gasteiger partial charge in [0.15, 0.2) is 0 Å². The Labute approximate surface area is 172 Å². The molecule has 0 spiro atoms. The number of hydrogen-bond acceptors (Lipinski definition) is 6. The van der Waals surface area contributed by atoms with Crippen molar-refractivity contribution in [2.24, 2.45) is 0 Å². The molecule has 0 radical (unpaired) electrons. The fraction of sp³-hybridized carbons (Fsp3) is 0.304. The molecule has 1 aliphatic rings. The Bertz CT molecular complexity index is 926. The Balaban J connectivity index is 1.53. The maximum absolute atomic E-state index is 5.42. The molecule has 2 N–H and O–H groups in total. The summed E-state index contributed by atoms with van der Waals surface area (Å²) >= 11 is 0. The van der Waals surface area contributed by atoms with Gasteiger partial charge in [-0.25, -0.2) is 4.98 Å². The number of benzene rings is 2. The lowest BCUT2D eigenvalue weighted by atomic mass is 10.1. The van der Waals surface area contributed by atoms with Crippen molar-refractivity contribution in [1.82, 2.24) is 14.9 Å². The first kappa shape index (κ1) is 19.4. The summed E-state index contributed by atoms with van der Waals surface area (Å²) in [5.74, 6) is 1.41. The van der Waals surface area contributed by atoms with E-state index in [-0.39, 0.29) is 0 Å². The van der Waals surface area contributed by atoms with Crippen LogP contribution < -0.4 is 10.6 Å². The number of para-hydroxylation sites is 1. The average molecular weight is 390 g/mol. The molecule has 1 saturated heterocycles. The van der Waals surface area contributed by atoms with Gasteiger partial charge in [-0.15, -0.1) is 0 Å². The number of aromatic nitrogens is 2. The number of nitrogens with one attached hydrogen (secondary N) is 2. The van der Waals surface area contributed by atoms with Gasteiger partial charge in [0.25, 0.3) is 0 Å². The molecule has 2 aromatic carbocycles. The van der Waals surface area contributed by atoms with E-state index in [4.69, 9.17) is 14.7 Å². The third kappa shape index (κ3) is 5.31. The van der Waals surface area contributed by atoms with E-state index in [0.717, 1.165) is 62.2 Å². The van der Waals surface area contributed by atoms with Crippen LogP contribution >= 0.6 is 0 Å². The number of anilines is 3. The smallest absolute Gasteiger partial charge is 0.225 e. The van der Waals surface area contributed by atoms with Gasteiger partial charge >= 0.3 is 0 Å². The number of hydrogen-bond donors (Lipinski definition) is 2. The Hall–Kier alpha value is -2.96. The Kier molecular flexibility index (Phi) is 6.34. The molecule has 0 bridgehead atoms. The van der Waals surface area contributed by atoms with Gasteiger partial charge in [0.05, 0.1) is 18.9 Å². The molecule has 0 amide bonds. The molecular formula is C23H27N5O. The zero-order chi connectivity index (χ0) is 19.9. The summed E-state index contributed by atoms with van der Waals surface area (Å²) < 4.78 is 5.42. The van der Waals surface area contributed by atoms with E-state index < -0.39 is 0 Å². The second-order valence-corrected chi connectivity index (χ2v) is 7.15. The lowest BCUT2D eigenvalue weighted by Crippen LogP contribution is -2.39. The molecule has 0 saturated carbocycles. The van der Waals surface area contributed by atoms with Gasteiger partial charge in [-0.2, -0.15) is 4.98 Å². The van der Waals surface area contributed by atoms with Crippen molar-refractivity contribution in [3.05, 3.63) is 66.2 Å². The van der Waals surface area contributed by atoms with Crippen molar-refractivity contribution >= 4 is 17.5 Å². The van der Waals surface area contributed by atoms with Crippen LogP contribution in [0.25, 0.3) is 11.3 Å². The van der Waals surface area contributed by atoms with Crippen molar-refractivity contribution in [2.45, 2.75) is 6.92 Å². The third-order valence-electron chi connectivity index (χ3n) is 5.02. The van der Waals surface area contributed by atoms with Gasteiger partial charge in [0.1, 0.15) is 5.82 Å². The molecule has 0 unspecified atom stereocenters. The monoisotopic (exact) mass is 389 g/mol. The molecule has 0 aliphatic carbocycles. The van der Waals surface area contributed by atoms with Crippen molar-refractivity contribution in [1.29, 1.82) is 0 Å². The highest BCUT2D eigenvalue weighted by Crippen LogP contribution is 2.24. The van der Waals surface area contributed by atoms with E-state index in [2.05, 4.69) is 46.7 Å². The fourth-order valence-corrected chi connectivity index (χ4v) is 3.35. The molecule has 2 heterocycles. The maximum Gasteiger partial charge on any atom is 0.225 e. The molecule has 1 aromatic heterocycles. The Morgan fingerprint density at radius 3 is 2.52 bits per heavy atom. The van der Waals surface area contributed by atoms with Gasteiger partial charge in [-0.3, -0.25) is 4.90 Å². The van der Waals surface area contributed by atoms with Gasteiger partial charge < -0.3 is 15.4 Å². The minimum atomic E-state index is 0.635. The first-order valence-corrected chi connectivity index (χ1v) is 10.1. The predicted molar refractivity (Wildman–Crippen MR) is 118 cm³/mol. The second kappa shape index (κ2) is 9.49. The van der Waals surface area contributed by atoms with Crippen LogP contribution in [0, 0.1) is 6.92 Å². The molecule has 1 fully saturated rings. The predicted octanol–water partition coefficient (Wildman–Crippen LogP) is 3.94. The highest BCUT2D eigenvalue weighted by atomic mass is 16.5. The highest BCUT2D eigenvalue weighted by Gasteiger charge is 2.11. The van der Waals surface area contributed by atoms with Gasteiger partial charge in [0.2, 0.25) is 5.95 Å². The van der Waals surface area contributed by atoms with E-state index in [0.29, 0.717) is 5.95 Å². The molecule has 6 nitrogen and oxygen atoms in total. The fourth-order valence-electron chi connectivity index (χ4n) is 3.35. The molecular weight excluding hydrogens is 362 g/mol. The number of morpholine rings is 1. The zero-order valence-corrected chi connectivity index (χ0v) is 16.8. The molecule has 3 aromatic rings. The van der Waals surface area contributed by atoms with Crippen molar-refractivity contribution < 1.29 is 4.74 Å². The summed E-state index contributed by atoms with van der Waals surface area (Å²) in [6.45, 7) is 7.41. The first-order valence-electron chi connectivity index (χ1n) is 10.1. The summed E-state index contributed by atoms with van der Waals surface area (Å²) in [5, 5.41) is 6.84. The lowest BCUT2D eigenvalue weighted by molar-refractivity contribution is 0.0398. The van der Waals surface area contributed by atoms with Crippen LogP contribution in [0.15, 0.2) is 60.7 Å². The molecule has 1 aliphatic heterocycles. The average Bonchev–Trinajstić information content (AvgIpc) is 2.77. The van der Waals surface area contributed by atoms with Crippen LogP contribution in [0.3, 0.4) is 0 Å². The first-order chi connectivity index (χ1) is 14.3. The summed E-state index contributed by atoms with van der Waals surface area (Å²) in [6, 6.07) is 20.4. The molecule has 6 heteroatoms. The third-order valence-corrected chi connectivity index (χ3v) is 5.02. The van der Waals surface area contributed by atoms with Gasteiger partial charge in [-0.05, 0) is 18.6 Å². The molecule has 29 heavy (non-hydrogen) atoms. The largest absolute Gasteiger partial charge is 0.379 e. The van der Waals surface area contributed by atoms with Gasteiger partial charge in [-0.1, -0.05) is 48.5 Å². The van der Waals surface area contributed by atoms with Crippen LogP contribution in [-0.2, 0) is 4.74 Å². The van der Waals surface area contributed by atoms with Crippen molar-refractivity contribution in [3.63, 3.8) is 0 Å². The molecule has 0 atom stereocenters. The Morgan fingerprint density at radius 2 is 1.72 bits per heavy atom. The minimum Gasteiger partial charge on any atom is -0.379 e. The number of nitrogens with zero attached hydrogens (tertiary/aromatic N) is 3. The summed E-state index contributed by atoms with van der Waals surface area (Å²) in [7, 11) is 0. The quantitative estimate of drug-likeness (QED) is 0.638. The van der Waals surface area contributed by atoms with Crippen LogP contribution in [0.4, 0.5) is 17.5 Å². The topological polar surface area (TPSA) is 62.3 Å². The van der Waals surface area contributed by atoms with E-state index >= 15 is 0 Å². The Morgan fingerprint density at radius 1 is 0.966 bits per heavy atom. The zero-order valence-electron chi connectivity index (χ0n) is 16.8. The number of rotatable bonds is 7. The SMILES string of the molecule is Cc1ccccc1Nc1cc(-c2ccccc2)nc(NCCN2CCOCC2)n1. The highest BCUT2D eigenvalue weighted by molar-refractivity contribution is 5.68. The lowest BCUT2D eigenvalue weighted by Gasteiger charge is -2.26. The van der Waals surface area contributed by atoms with Crippen molar-refractivity contribution in [2.75, 3.05) is 50.0 Å². The normalized spacial score (nSPS) is 14.5. The standard InChI is InChI=1S/C23H27N5O/c1-18-7-5-6-10-20(18)25-22-17-21(19-8-3-2-4-9-19)26-23(27-22)24-11-12-28-13-15-29-16-14-28/h2-10,17H,11-16H2,1H3,(H2,24,25,26,27). The molecule has 4 rings (SSSR count). The van der Waals surface area contributed by atoms with Crippen LogP contribution in [0.5, 0.6) is 0 Å². The minimum absolute atomic E-state index is 0.635. The van der Waals surface area contributed by atoms with Crippen LogP contribution in [0.2, 0.25) is 0 Å². The van der Waals surface area contributed by atoms with E-state index in [1.807, 2.05) is 36.4 Å².